The fraction of sp³-hybridized carbons (Fsp3) is 0.435. The molecule has 0 bridgehead atoms. The van der Waals surface area contributed by atoms with Crippen molar-refractivity contribution in [1.29, 1.82) is 0 Å². The van der Waals surface area contributed by atoms with E-state index in [2.05, 4.69) is 0 Å². The summed E-state index contributed by atoms with van der Waals surface area (Å²) >= 11 is 0. The number of amides is 1. The first kappa shape index (κ1) is 20.3. The van der Waals surface area contributed by atoms with Gasteiger partial charge in [0.25, 0.3) is 5.56 Å². The van der Waals surface area contributed by atoms with Crippen molar-refractivity contribution in [3.8, 4) is 5.69 Å². The summed E-state index contributed by atoms with van der Waals surface area (Å²) < 4.78 is 8.81. The lowest BCUT2D eigenvalue weighted by Crippen LogP contribution is -2.41. The Bertz CT molecular complexity index is 1150. The van der Waals surface area contributed by atoms with Gasteiger partial charge in [0, 0.05) is 37.5 Å². The van der Waals surface area contributed by atoms with Crippen LogP contribution in [0.25, 0.3) is 16.7 Å². The summed E-state index contributed by atoms with van der Waals surface area (Å²) in [6.07, 6.45) is 0.756. The molecule has 158 valence electrons. The zero-order valence-electron chi connectivity index (χ0n) is 18.1. The fourth-order valence-electron chi connectivity index (χ4n) is 4.24. The third kappa shape index (κ3) is 3.54. The van der Waals surface area contributed by atoms with Crippen LogP contribution in [0.5, 0.6) is 0 Å². The van der Waals surface area contributed by atoms with Crippen molar-refractivity contribution in [2.45, 2.75) is 33.6 Å². The minimum absolute atomic E-state index is 0.0666. The quantitative estimate of drug-likeness (QED) is 0.665. The van der Waals surface area contributed by atoms with E-state index in [1.54, 1.807) is 11.6 Å². The van der Waals surface area contributed by atoms with E-state index in [9.17, 15) is 9.59 Å². The molecule has 30 heavy (non-hydrogen) atoms. The van der Waals surface area contributed by atoms with Gasteiger partial charge in [-0.25, -0.2) is 4.68 Å². The predicted molar refractivity (Wildman–Crippen MR) is 116 cm³/mol. The molecule has 0 unspecified atom stereocenters. The summed E-state index contributed by atoms with van der Waals surface area (Å²) in [7, 11) is 1.78. The number of nitrogens with zero attached hydrogens (tertiary/aromatic N) is 4. The molecule has 4 rings (SSSR count). The molecule has 0 atom stereocenters. The molecule has 1 aliphatic heterocycles. The highest BCUT2D eigenvalue weighted by Crippen LogP contribution is 2.26. The summed E-state index contributed by atoms with van der Waals surface area (Å²) in [4.78, 5) is 27.6. The van der Waals surface area contributed by atoms with Crippen LogP contribution in [-0.4, -0.2) is 51.5 Å². The first-order valence-corrected chi connectivity index (χ1v) is 10.4. The number of fused-ring (bicyclic) bond motifs is 1. The highest BCUT2D eigenvalue weighted by molar-refractivity contribution is 5.85. The topological polar surface area (TPSA) is 69.4 Å². The number of hydrogen-bond donors (Lipinski definition) is 0. The molecule has 0 saturated carbocycles. The van der Waals surface area contributed by atoms with Crippen LogP contribution >= 0.6 is 0 Å². The molecule has 1 fully saturated rings. The molecule has 1 aliphatic rings. The van der Waals surface area contributed by atoms with Gasteiger partial charge < -0.3 is 9.64 Å². The van der Waals surface area contributed by atoms with E-state index in [-0.39, 0.29) is 11.5 Å². The van der Waals surface area contributed by atoms with E-state index in [0.29, 0.717) is 44.7 Å². The Kier molecular flexibility index (Phi) is 5.47. The molecule has 3 heterocycles. The molecule has 2 aromatic heterocycles. The second-order valence-corrected chi connectivity index (χ2v) is 7.99. The lowest BCUT2D eigenvalue weighted by atomic mass is 10.0. The maximum atomic E-state index is 13.2. The third-order valence-electron chi connectivity index (χ3n) is 5.98. The Morgan fingerprint density at radius 1 is 1.10 bits per heavy atom. The summed E-state index contributed by atoms with van der Waals surface area (Å²) in [5.41, 5.74) is 5.29. The van der Waals surface area contributed by atoms with Crippen LogP contribution in [0.15, 0.2) is 29.1 Å². The highest BCUT2D eigenvalue weighted by atomic mass is 16.5. The summed E-state index contributed by atoms with van der Waals surface area (Å²) in [6.45, 7) is 8.38. The minimum atomic E-state index is -0.0666. The second kappa shape index (κ2) is 8.07. The van der Waals surface area contributed by atoms with Crippen molar-refractivity contribution in [3.63, 3.8) is 0 Å². The first-order valence-electron chi connectivity index (χ1n) is 10.4. The lowest BCUT2D eigenvalue weighted by Gasteiger charge is -2.27. The molecule has 7 heteroatoms. The predicted octanol–water partition coefficient (Wildman–Crippen LogP) is 2.44. The smallest absolute Gasteiger partial charge is 0.255 e. The van der Waals surface area contributed by atoms with Crippen LogP contribution in [0, 0.1) is 20.8 Å². The van der Waals surface area contributed by atoms with E-state index >= 15 is 0 Å². The van der Waals surface area contributed by atoms with Crippen molar-refractivity contribution in [1.82, 2.24) is 19.2 Å². The average Bonchev–Trinajstić information content (AvgIpc) is 3.10. The molecule has 0 aliphatic carbocycles. The molecule has 0 radical (unpaired) electrons. The minimum Gasteiger partial charge on any atom is -0.378 e. The molecule has 7 nitrogen and oxygen atoms in total. The van der Waals surface area contributed by atoms with Crippen LogP contribution in [0.2, 0.25) is 0 Å². The van der Waals surface area contributed by atoms with E-state index in [4.69, 9.17) is 9.84 Å². The number of benzene rings is 1. The van der Waals surface area contributed by atoms with Gasteiger partial charge >= 0.3 is 0 Å². The number of pyridine rings is 1. The van der Waals surface area contributed by atoms with E-state index < -0.39 is 0 Å². The standard InChI is InChI=1S/C23H28N4O3/c1-15-5-7-18(8-6-15)27-22-21(17(3)24-27)16(2)19(23(29)25(22)4)9-10-20(28)26-11-13-30-14-12-26/h5-8H,9-14H2,1-4H3. The lowest BCUT2D eigenvalue weighted by molar-refractivity contribution is -0.135. The van der Waals surface area contributed by atoms with Gasteiger partial charge in [0.15, 0.2) is 0 Å². The first-order chi connectivity index (χ1) is 14.4. The average molecular weight is 409 g/mol. The number of hydrogen-bond acceptors (Lipinski definition) is 4. The second-order valence-electron chi connectivity index (χ2n) is 7.99. The normalized spacial score (nSPS) is 14.5. The molecule has 1 saturated heterocycles. The van der Waals surface area contributed by atoms with Gasteiger partial charge in [-0.1, -0.05) is 17.7 Å². The van der Waals surface area contributed by atoms with Gasteiger partial charge in [0.05, 0.1) is 24.6 Å². The van der Waals surface area contributed by atoms with Crippen LogP contribution < -0.4 is 5.56 Å². The van der Waals surface area contributed by atoms with Gasteiger partial charge in [-0.3, -0.25) is 14.2 Å². The molecular formula is C23H28N4O3. The maximum Gasteiger partial charge on any atom is 0.255 e. The Labute approximate surface area is 175 Å². The Morgan fingerprint density at radius 2 is 1.77 bits per heavy atom. The maximum absolute atomic E-state index is 13.2. The number of carbonyl (C=O) groups is 1. The zero-order chi connectivity index (χ0) is 21.4. The van der Waals surface area contributed by atoms with E-state index in [1.165, 1.54) is 5.56 Å². The van der Waals surface area contributed by atoms with Gasteiger partial charge in [0.2, 0.25) is 5.91 Å². The van der Waals surface area contributed by atoms with Crippen molar-refractivity contribution in [2.24, 2.45) is 7.05 Å². The van der Waals surface area contributed by atoms with Gasteiger partial charge in [-0.05, 0) is 44.9 Å². The third-order valence-corrected chi connectivity index (χ3v) is 5.98. The van der Waals surface area contributed by atoms with E-state index in [0.717, 1.165) is 28.0 Å². The monoisotopic (exact) mass is 408 g/mol. The van der Waals surface area contributed by atoms with Gasteiger partial charge in [-0.2, -0.15) is 5.10 Å². The zero-order valence-corrected chi connectivity index (χ0v) is 18.1. The molecule has 0 spiro atoms. The van der Waals surface area contributed by atoms with Gasteiger partial charge in [0.1, 0.15) is 5.65 Å². The Balaban J connectivity index is 1.72. The highest BCUT2D eigenvalue weighted by Gasteiger charge is 2.22. The molecule has 1 aromatic carbocycles. The number of rotatable bonds is 4. The van der Waals surface area contributed by atoms with E-state index in [1.807, 2.05) is 54.6 Å². The largest absolute Gasteiger partial charge is 0.378 e. The number of morpholine rings is 1. The molecular weight excluding hydrogens is 380 g/mol. The van der Waals surface area contributed by atoms with Crippen LogP contribution in [-0.2, 0) is 23.0 Å². The van der Waals surface area contributed by atoms with Crippen molar-refractivity contribution >= 4 is 16.9 Å². The Morgan fingerprint density at radius 3 is 2.43 bits per heavy atom. The molecule has 1 amide bonds. The van der Waals surface area contributed by atoms with Crippen LogP contribution in [0.3, 0.4) is 0 Å². The fourth-order valence-corrected chi connectivity index (χ4v) is 4.24. The number of aryl methyl sites for hydroxylation is 4. The summed E-state index contributed by atoms with van der Waals surface area (Å²) in [5, 5.41) is 5.71. The van der Waals surface area contributed by atoms with Crippen LogP contribution in [0.4, 0.5) is 0 Å². The summed E-state index contributed by atoms with van der Waals surface area (Å²) in [6, 6.07) is 8.09. The summed E-state index contributed by atoms with van der Waals surface area (Å²) in [5.74, 6) is 0.0759. The number of ether oxygens (including phenoxy) is 1. The van der Waals surface area contributed by atoms with Crippen molar-refractivity contribution < 1.29 is 9.53 Å². The van der Waals surface area contributed by atoms with Crippen molar-refractivity contribution in [2.75, 3.05) is 26.3 Å². The van der Waals surface area contributed by atoms with Gasteiger partial charge in [-0.15, -0.1) is 0 Å². The van der Waals surface area contributed by atoms with Crippen LogP contribution in [0.1, 0.15) is 28.8 Å². The molecule has 0 N–H and O–H groups in total. The van der Waals surface area contributed by atoms with Crippen molar-refractivity contribution in [3.05, 3.63) is 57.0 Å². The Hall–Kier alpha value is -2.93. The number of aromatic nitrogens is 3. The SMILES string of the molecule is Cc1ccc(-n2nc(C)c3c(C)c(CCC(=O)N4CCOCC4)c(=O)n(C)c32)cc1. The number of carbonyl (C=O) groups excluding carboxylic acids is 1. The molecule has 3 aromatic rings.